The first-order valence-corrected chi connectivity index (χ1v) is 19.1. The Morgan fingerprint density at radius 2 is 1.14 bits per heavy atom. The Bertz CT molecular complexity index is 2810. The van der Waals surface area contributed by atoms with Gasteiger partial charge in [0.1, 0.15) is 11.2 Å². The molecule has 10 rings (SSSR count). The minimum Gasteiger partial charge on any atom is -0.455 e. The van der Waals surface area contributed by atoms with Crippen LogP contribution < -0.4 is 4.90 Å². The van der Waals surface area contributed by atoms with Crippen molar-refractivity contribution in [3.63, 3.8) is 0 Å². The van der Waals surface area contributed by atoms with Crippen molar-refractivity contribution in [2.45, 2.75) is 24.8 Å². The minimum atomic E-state index is 0.114. The molecule has 0 saturated heterocycles. The molecule has 5 heteroatoms. The molecule has 0 spiro atoms. The van der Waals surface area contributed by atoms with E-state index < -0.39 is 0 Å². The Labute approximate surface area is 326 Å². The molecule has 0 fully saturated rings. The highest BCUT2D eigenvalue weighted by molar-refractivity contribution is 6.13. The lowest BCUT2D eigenvalue weighted by molar-refractivity contribution is 0.671. The van der Waals surface area contributed by atoms with Crippen LogP contribution >= 0.6 is 0 Å². The third-order valence-electron chi connectivity index (χ3n) is 11.1. The molecule has 0 saturated carbocycles. The van der Waals surface area contributed by atoms with Gasteiger partial charge < -0.3 is 9.32 Å². The second kappa shape index (κ2) is 13.9. The number of benzene rings is 6. The van der Waals surface area contributed by atoms with Gasteiger partial charge in [-0.3, -0.25) is 0 Å². The molecule has 6 aromatic carbocycles. The van der Waals surface area contributed by atoms with Gasteiger partial charge in [-0.15, -0.1) is 13.2 Å². The number of allylic oxidation sites excluding steroid dienone is 4. The van der Waals surface area contributed by atoms with Gasteiger partial charge in [-0.25, -0.2) is 15.0 Å². The van der Waals surface area contributed by atoms with Gasteiger partial charge >= 0.3 is 0 Å². The first-order valence-electron chi connectivity index (χ1n) is 19.1. The summed E-state index contributed by atoms with van der Waals surface area (Å²) in [6.07, 6.45) is 12.8. The number of furan rings is 1. The van der Waals surface area contributed by atoms with Crippen LogP contribution in [0.25, 0.3) is 78.4 Å². The van der Waals surface area contributed by atoms with Crippen molar-refractivity contribution in [3.8, 4) is 56.4 Å². The van der Waals surface area contributed by atoms with Crippen LogP contribution in [0, 0.1) is 0 Å². The smallest absolute Gasteiger partial charge is 0.164 e. The highest BCUT2D eigenvalue weighted by Crippen LogP contribution is 2.48. The topological polar surface area (TPSA) is 55.1 Å². The number of hydrogen-bond donors (Lipinski definition) is 0. The summed E-state index contributed by atoms with van der Waals surface area (Å²) >= 11 is 0. The van der Waals surface area contributed by atoms with Gasteiger partial charge in [0, 0.05) is 55.9 Å². The van der Waals surface area contributed by atoms with Gasteiger partial charge in [-0.2, -0.15) is 0 Å². The van der Waals surface area contributed by atoms with E-state index in [1.54, 1.807) is 0 Å². The van der Waals surface area contributed by atoms with Gasteiger partial charge in [0.2, 0.25) is 0 Å². The number of para-hydroxylation sites is 2. The second-order valence-corrected chi connectivity index (χ2v) is 14.3. The lowest BCUT2D eigenvalue weighted by Crippen LogP contribution is -2.31. The zero-order valence-electron chi connectivity index (χ0n) is 30.8. The minimum absolute atomic E-state index is 0.114. The summed E-state index contributed by atoms with van der Waals surface area (Å²) < 4.78 is 6.95. The Kier molecular flexibility index (Phi) is 8.33. The Balaban J connectivity index is 1.07. The van der Waals surface area contributed by atoms with E-state index in [1.807, 2.05) is 60.7 Å². The summed E-state index contributed by atoms with van der Waals surface area (Å²) in [6.45, 7) is 8.51. The van der Waals surface area contributed by atoms with Crippen LogP contribution in [0.15, 0.2) is 193 Å². The quantitative estimate of drug-likeness (QED) is 0.146. The number of fused-ring (bicyclic) bond motifs is 4. The van der Waals surface area contributed by atoms with E-state index in [9.17, 15) is 0 Å². The number of nitrogens with zero attached hydrogens (tertiary/aromatic N) is 4. The standard InChI is InChI=1S/C51H38N4O/c1-3-39-44-32-36(29-30-46(44)55(45(39)4-2)38-23-12-7-13-24-38)41-26-16-28-43-42-27-15-25-40(47(42)56-48(41)43)35-21-14-22-37(31-35)51-53-49(33-17-8-5-9-18-33)52-50(54-51)34-19-10-6-11-20-34/h3-12,14-23,25-32,39,45H,1-2,13,24H2. The molecule has 8 aromatic rings. The summed E-state index contributed by atoms with van der Waals surface area (Å²) in [5.74, 6) is 2.00. The maximum absolute atomic E-state index is 6.95. The maximum atomic E-state index is 6.95. The molecule has 268 valence electrons. The van der Waals surface area contributed by atoms with Crippen molar-refractivity contribution >= 4 is 27.6 Å². The number of hydrogen-bond acceptors (Lipinski definition) is 5. The van der Waals surface area contributed by atoms with Gasteiger partial charge in [0.25, 0.3) is 0 Å². The normalized spacial score (nSPS) is 16.2. The summed E-state index contributed by atoms with van der Waals surface area (Å²) in [5, 5.41) is 2.15. The SMILES string of the molecule is C=CC1c2cc(-c3cccc4c3oc3c(-c5cccc(-c6nc(-c7ccccc7)nc(-c7ccccc7)n6)c5)cccc34)ccc2N(C2=CC=CCC2)C1C=C. The zero-order valence-corrected chi connectivity index (χ0v) is 30.8. The molecule has 56 heavy (non-hydrogen) atoms. The van der Waals surface area contributed by atoms with E-state index in [-0.39, 0.29) is 12.0 Å². The summed E-state index contributed by atoms with van der Waals surface area (Å²) in [4.78, 5) is 17.3. The third-order valence-corrected chi connectivity index (χ3v) is 11.1. The van der Waals surface area contributed by atoms with Crippen LogP contribution in [0.1, 0.15) is 24.3 Å². The number of rotatable bonds is 8. The van der Waals surface area contributed by atoms with E-state index in [0.29, 0.717) is 17.5 Å². The molecule has 5 nitrogen and oxygen atoms in total. The highest BCUT2D eigenvalue weighted by Gasteiger charge is 2.37. The largest absolute Gasteiger partial charge is 0.455 e. The Morgan fingerprint density at radius 3 is 1.73 bits per heavy atom. The molecule has 0 N–H and O–H groups in total. The fourth-order valence-electron chi connectivity index (χ4n) is 8.41. The fraction of sp³-hybridized carbons (Fsp3) is 0.0784. The van der Waals surface area contributed by atoms with Crippen molar-refractivity contribution < 1.29 is 4.42 Å². The van der Waals surface area contributed by atoms with E-state index in [1.165, 1.54) is 16.9 Å². The van der Waals surface area contributed by atoms with Gasteiger partial charge in [-0.05, 0) is 53.8 Å². The Hall–Kier alpha value is -7.11. The third kappa shape index (κ3) is 5.68. The Morgan fingerprint density at radius 1 is 0.571 bits per heavy atom. The van der Waals surface area contributed by atoms with Crippen molar-refractivity contribution in [3.05, 3.63) is 194 Å². The van der Waals surface area contributed by atoms with E-state index in [4.69, 9.17) is 19.4 Å². The van der Waals surface area contributed by atoms with Crippen molar-refractivity contribution in [2.75, 3.05) is 4.90 Å². The fourth-order valence-corrected chi connectivity index (χ4v) is 8.41. The molecular weight excluding hydrogens is 685 g/mol. The van der Waals surface area contributed by atoms with Crippen LogP contribution in [0.3, 0.4) is 0 Å². The molecule has 2 unspecified atom stereocenters. The van der Waals surface area contributed by atoms with E-state index in [2.05, 4.69) is 127 Å². The van der Waals surface area contributed by atoms with Crippen LogP contribution in [0.5, 0.6) is 0 Å². The number of aromatic nitrogens is 3. The van der Waals surface area contributed by atoms with Crippen LogP contribution in [0.2, 0.25) is 0 Å². The van der Waals surface area contributed by atoms with Gasteiger partial charge in [0.15, 0.2) is 17.5 Å². The van der Waals surface area contributed by atoms with E-state index in [0.717, 1.165) is 73.7 Å². The van der Waals surface area contributed by atoms with Crippen LogP contribution in [0.4, 0.5) is 5.69 Å². The molecule has 2 aromatic heterocycles. The molecule has 0 bridgehead atoms. The monoisotopic (exact) mass is 722 g/mol. The lowest BCUT2D eigenvalue weighted by Gasteiger charge is -2.30. The molecule has 1 aliphatic carbocycles. The average Bonchev–Trinajstić information content (AvgIpc) is 3.82. The second-order valence-electron chi connectivity index (χ2n) is 14.3. The lowest BCUT2D eigenvalue weighted by atomic mass is 9.92. The number of anilines is 1. The first-order chi connectivity index (χ1) is 27.7. The molecule has 2 atom stereocenters. The zero-order chi connectivity index (χ0) is 37.6. The predicted molar refractivity (Wildman–Crippen MR) is 230 cm³/mol. The summed E-state index contributed by atoms with van der Waals surface area (Å²) in [7, 11) is 0. The molecular formula is C51H38N4O. The maximum Gasteiger partial charge on any atom is 0.164 e. The van der Waals surface area contributed by atoms with Crippen LogP contribution in [-0.2, 0) is 0 Å². The first kappa shape index (κ1) is 33.5. The average molecular weight is 723 g/mol. The highest BCUT2D eigenvalue weighted by atomic mass is 16.3. The van der Waals surface area contributed by atoms with Gasteiger partial charge in [0.05, 0.1) is 6.04 Å². The summed E-state index contributed by atoms with van der Waals surface area (Å²) in [5.41, 5.74) is 12.5. The molecule has 0 amide bonds. The van der Waals surface area contributed by atoms with Crippen LogP contribution in [-0.4, -0.2) is 21.0 Å². The van der Waals surface area contributed by atoms with Gasteiger partial charge in [-0.1, -0.05) is 146 Å². The predicted octanol–water partition coefficient (Wildman–Crippen LogP) is 13.0. The van der Waals surface area contributed by atoms with E-state index >= 15 is 0 Å². The molecule has 2 aliphatic rings. The van der Waals surface area contributed by atoms with Crippen molar-refractivity contribution in [1.29, 1.82) is 0 Å². The summed E-state index contributed by atoms with van der Waals surface area (Å²) in [6, 6.07) is 48.3. The molecule has 3 heterocycles. The molecule has 0 radical (unpaired) electrons. The molecule has 1 aliphatic heterocycles. The van der Waals surface area contributed by atoms with Crippen molar-refractivity contribution in [1.82, 2.24) is 15.0 Å². The van der Waals surface area contributed by atoms with Crippen molar-refractivity contribution in [2.24, 2.45) is 0 Å².